The molecule has 0 saturated heterocycles. The highest BCUT2D eigenvalue weighted by Gasteiger charge is 2.26. The molecule has 3 N–H and O–H groups in total. The zero-order chi connectivity index (χ0) is 16.9. The van der Waals surface area contributed by atoms with E-state index in [4.69, 9.17) is 5.11 Å². The van der Waals surface area contributed by atoms with Crippen LogP contribution in [-0.2, 0) is 4.79 Å². The lowest BCUT2D eigenvalue weighted by Gasteiger charge is -2.26. The summed E-state index contributed by atoms with van der Waals surface area (Å²) in [4.78, 5) is 22.6. The first-order valence-corrected chi connectivity index (χ1v) is 7.79. The SMILES string of the molecule is CC(NC(=O)c1ccc(C#CC2(O)CCCCC2)cc1)C(=O)O. The predicted octanol–water partition coefficient (Wildman–Crippen LogP) is 1.94. The summed E-state index contributed by atoms with van der Waals surface area (Å²) in [6.07, 6.45) is 4.53. The van der Waals surface area contributed by atoms with E-state index in [2.05, 4.69) is 17.2 Å². The zero-order valence-corrected chi connectivity index (χ0v) is 13.1. The largest absolute Gasteiger partial charge is 0.480 e. The van der Waals surface area contributed by atoms with Gasteiger partial charge in [0.2, 0.25) is 0 Å². The molecule has 23 heavy (non-hydrogen) atoms. The summed E-state index contributed by atoms with van der Waals surface area (Å²) in [6.45, 7) is 1.41. The van der Waals surface area contributed by atoms with Gasteiger partial charge in [0.15, 0.2) is 0 Å². The maximum absolute atomic E-state index is 11.9. The van der Waals surface area contributed by atoms with E-state index in [1.54, 1.807) is 24.3 Å². The zero-order valence-electron chi connectivity index (χ0n) is 13.1. The number of carbonyl (C=O) groups excluding carboxylic acids is 1. The van der Waals surface area contributed by atoms with Gasteiger partial charge in [0.25, 0.3) is 5.91 Å². The maximum Gasteiger partial charge on any atom is 0.325 e. The molecule has 1 aliphatic carbocycles. The van der Waals surface area contributed by atoms with Crippen LogP contribution in [0.5, 0.6) is 0 Å². The molecule has 1 atom stereocenters. The molecule has 2 rings (SSSR count). The summed E-state index contributed by atoms with van der Waals surface area (Å²) in [5.74, 6) is 4.37. The highest BCUT2D eigenvalue weighted by molar-refractivity contribution is 5.96. The van der Waals surface area contributed by atoms with Crippen molar-refractivity contribution >= 4 is 11.9 Å². The van der Waals surface area contributed by atoms with E-state index in [1.165, 1.54) is 6.92 Å². The number of hydrogen-bond donors (Lipinski definition) is 3. The molecule has 1 aliphatic rings. The van der Waals surface area contributed by atoms with Gasteiger partial charge in [0.05, 0.1) is 0 Å². The van der Waals surface area contributed by atoms with Crippen molar-refractivity contribution in [1.29, 1.82) is 0 Å². The van der Waals surface area contributed by atoms with E-state index in [0.717, 1.165) is 19.3 Å². The van der Waals surface area contributed by atoms with Gasteiger partial charge in [-0.25, -0.2) is 0 Å². The van der Waals surface area contributed by atoms with Gasteiger partial charge in [-0.2, -0.15) is 0 Å². The van der Waals surface area contributed by atoms with Crippen molar-refractivity contribution in [3.63, 3.8) is 0 Å². The van der Waals surface area contributed by atoms with Crippen molar-refractivity contribution in [1.82, 2.24) is 5.32 Å². The molecule has 1 amide bonds. The highest BCUT2D eigenvalue weighted by Crippen LogP contribution is 2.27. The molecule has 1 aromatic carbocycles. The first kappa shape index (κ1) is 17.0. The standard InChI is InChI=1S/C18H21NO4/c1-13(17(21)22)19-16(20)15-7-5-14(6-8-15)9-12-18(23)10-3-2-4-11-18/h5-8,13,23H,2-4,10-11H2,1H3,(H,19,20)(H,21,22). The van der Waals surface area contributed by atoms with Crippen LogP contribution < -0.4 is 5.32 Å². The van der Waals surface area contributed by atoms with Crippen LogP contribution in [0.2, 0.25) is 0 Å². The molecular formula is C18H21NO4. The Morgan fingerprint density at radius 1 is 1.17 bits per heavy atom. The van der Waals surface area contributed by atoms with Crippen LogP contribution in [0, 0.1) is 11.8 Å². The molecule has 1 saturated carbocycles. The lowest BCUT2D eigenvalue weighted by atomic mass is 9.85. The Morgan fingerprint density at radius 2 is 1.78 bits per heavy atom. The second kappa shape index (κ2) is 7.30. The van der Waals surface area contributed by atoms with E-state index in [0.29, 0.717) is 24.0 Å². The molecule has 0 spiro atoms. The van der Waals surface area contributed by atoms with E-state index in [-0.39, 0.29) is 0 Å². The van der Waals surface area contributed by atoms with Crippen LogP contribution in [-0.4, -0.2) is 33.7 Å². The molecule has 5 nitrogen and oxygen atoms in total. The summed E-state index contributed by atoms with van der Waals surface area (Å²) in [5, 5.41) is 21.5. The number of hydrogen-bond acceptors (Lipinski definition) is 3. The summed E-state index contributed by atoms with van der Waals surface area (Å²) in [7, 11) is 0. The van der Waals surface area contributed by atoms with Gasteiger partial charge in [-0.15, -0.1) is 0 Å². The van der Waals surface area contributed by atoms with E-state index >= 15 is 0 Å². The molecule has 0 aromatic heterocycles. The van der Waals surface area contributed by atoms with E-state index in [1.807, 2.05) is 0 Å². The lowest BCUT2D eigenvalue weighted by molar-refractivity contribution is -0.138. The van der Waals surface area contributed by atoms with Gasteiger partial charge < -0.3 is 15.5 Å². The minimum Gasteiger partial charge on any atom is -0.480 e. The molecule has 122 valence electrons. The first-order chi connectivity index (χ1) is 10.9. The van der Waals surface area contributed by atoms with Gasteiger partial charge in [0, 0.05) is 11.1 Å². The predicted molar refractivity (Wildman–Crippen MR) is 85.9 cm³/mol. The van der Waals surface area contributed by atoms with Crippen LogP contribution in [0.25, 0.3) is 0 Å². The Labute approximate surface area is 135 Å². The number of carboxylic acid groups (broad SMARTS) is 1. The van der Waals surface area contributed by atoms with Gasteiger partial charge in [-0.05, 0) is 56.9 Å². The Morgan fingerprint density at radius 3 is 2.35 bits per heavy atom. The topological polar surface area (TPSA) is 86.6 Å². The smallest absolute Gasteiger partial charge is 0.325 e. The van der Waals surface area contributed by atoms with Crippen LogP contribution in [0.3, 0.4) is 0 Å². The second-order valence-electron chi connectivity index (χ2n) is 5.95. The average molecular weight is 315 g/mol. The Hall–Kier alpha value is -2.32. The van der Waals surface area contributed by atoms with Crippen molar-refractivity contribution in [2.75, 3.05) is 0 Å². The normalized spacial score (nSPS) is 17.5. The third-order valence-electron chi connectivity index (χ3n) is 3.99. The molecule has 1 aromatic rings. The molecule has 0 aliphatic heterocycles. The van der Waals surface area contributed by atoms with Crippen molar-refractivity contribution in [3.05, 3.63) is 35.4 Å². The van der Waals surface area contributed by atoms with Gasteiger partial charge >= 0.3 is 5.97 Å². The van der Waals surface area contributed by atoms with Crippen LogP contribution in [0.1, 0.15) is 54.9 Å². The molecule has 1 unspecified atom stereocenters. The number of rotatable bonds is 3. The van der Waals surface area contributed by atoms with Crippen molar-refractivity contribution in [2.24, 2.45) is 0 Å². The lowest BCUT2D eigenvalue weighted by Crippen LogP contribution is -2.38. The van der Waals surface area contributed by atoms with Gasteiger partial charge in [0.1, 0.15) is 11.6 Å². The summed E-state index contributed by atoms with van der Waals surface area (Å²) in [6, 6.07) is 5.64. The number of carbonyl (C=O) groups is 2. The molecule has 5 heteroatoms. The third kappa shape index (κ3) is 4.83. The minimum absolute atomic E-state index is 0.375. The Balaban J connectivity index is 2.02. The fourth-order valence-electron chi connectivity index (χ4n) is 2.50. The second-order valence-corrected chi connectivity index (χ2v) is 5.95. The number of aliphatic hydroxyl groups is 1. The van der Waals surface area contributed by atoms with Crippen LogP contribution in [0.4, 0.5) is 0 Å². The number of aliphatic carboxylic acids is 1. The van der Waals surface area contributed by atoms with Crippen LogP contribution >= 0.6 is 0 Å². The summed E-state index contributed by atoms with van der Waals surface area (Å²) >= 11 is 0. The molecular weight excluding hydrogens is 294 g/mol. The number of carboxylic acids is 1. The average Bonchev–Trinajstić information content (AvgIpc) is 2.54. The van der Waals surface area contributed by atoms with Crippen molar-refractivity contribution in [2.45, 2.75) is 50.7 Å². The van der Waals surface area contributed by atoms with Crippen molar-refractivity contribution < 1.29 is 19.8 Å². The minimum atomic E-state index is -1.08. The fourth-order valence-corrected chi connectivity index (χ4v) is 2.50. The number of nitrogens with one attached hydrogen (secondary N) is 1. The number of amides is 1. The van der Waals surface area contributed by atoms with E-state index < -0.39 is 23.5 Å². The molecule has 0 bridgehead atoms. The van der Waals surface area contributed by atoms with Crippen LogP contribution in [0.15, 0.2) is 24.3 Å². The van der Waals surface area contributed by atoms with Gasteiger partial charge in [-0.1, -0.05) is 18.3 Å². The number of benzene rings is 1. The first-order valence-electron chi connectivity index (χ1n) is 7.79. The highest BCUT2D eigenvalue weighted by atomic mass is 16.4. The van der Waals surface area contributed by atoms with Gasteiger partial charge in [-0.3, -0.25) is 9.59 Å². The summed E-state index contributed by atoms with van der Waals surface area (Å²) in [5.41, 5.74) is 0.192. The summed E-state index contributed by atoms with van der Waals surface area (Å²) < 4.78 is 0. The van der Waals surface area contributed by atoms with E-state index in [9.17, 15) is 14.7 Å². The quantitative estimate of drug-likeness (QED) is 0.744. The third-order valence-corrected chi connectivity index (χ3v) is 3.99. The Bertz CT molecular complexity index is 633. The molecule has 1 fully saturated rings. The monoisotopic (exact) mass is 315 g/mol. The maximum atomic E-state index is 11.9. The fraction of sp³-hybridized carbons (Fsp3) is 0.444. The Kier molecular flexibility index (Phi) is 5.41. The van der Waals surface area contributed by atoms with Crippen molar-refractivity contribution in [3.8, 4) is 11.8 Å². The molecule has 0 radical (unpaired) electrons. The molecule has 0 heterocycles.